The molecule has 0 aliphatic rings. The van der Waals surface area contributed by atoms with Gasteiger partial charge in [0.25, 0.3) is 0 Å². The summed E-state index contributed by atoms with van der Waals surface area (Å²) in [7, 11) is 0. The van der Waals surface area contributed by atoms with Crippen LogP contribution in [0.3, 0.4) is 0 Å². The smallest absolute Gasteiger partial charge is 0.130 e. The predicted molar refractivity (Wildman–Crippen MR) is 78.0 cm³/mol. The fourth-order valence-corrected chi connectivity index (χ4v) is 2.32. The van der Waals surface area contributed by atoms with Crippen LogP contribution in [0, 0.1) is 13.8 Å². The van der Waals surface area contributed by atoms with Gasteiger partial charge in [0.1, 0.15) is 11.5 Å². The molecular formula is C15H16BrNO. The average molecular weight is 306 g/mol. The molecule has 0 unspecified atom stereocenters. The molecule has 2 aromatic carbocycles. The van der Waals surface area contributed by atoms with E-state index in [1.54, 1.807) is 0 Å². The first-order valence-electron chi connectivity index (χ1n) is 5.84. The van der Waals surface area contributed by atoms with E-state index in [0.29, 0.717) is 6.54 Å². The molecule has 0 radical (unpaired) electrons. The van der Waals surface area contributed by atoms with Gasteiger partial charge in [0, 0.05) is 11.0 Å². The van der Waals surface area contributed by atoms with Crippen LogP contribution in [0.4, 0.5) is 0 Å². The van der Waals surface area contributed by atoms with Gasteiger partial charge in [0.05, 0.1) is 0 Å². The maximum atomic E-state index is 5.87. The van der Waals surface area contributed by atoms with E-state index in [1.165, 1.54) is 5.56 Å². The van der Waals surface area contributed by atoms with Gasteiger partial charge in [-0.2, -0.15) is 0 Å². The molecular weight excluding hydrogens is 290 g/mol. The fourth-order valence-electron chi connectivity index (χ4n) is 1.80. The van der Waals surface area contributed by atoms with Gasteiger partial charge in [0.15, 0.2) is 0 Å². The van der Waals surface area contributed by atoms with E-state index in [-0.39, 0.29) is 0 Å². The van der Waals surface area contributed by atoms with Crippen molar-refractivity contribution in [3.8, 4) is 11.5 Å². The first kappa shape index (κ1) is 13.1. The highest BCUT2D eigenvalue weighted by Gasteiger charge is 2.04. The van der Waals surface area contributed by atoms with Crippen LogP contribution >= 0.6 is 15.9 Å². The minimum absolute atomic E-state index is 0.518. The SMILES string of the molecule is Cc1ccc(Oc2ccc(CN)c(Br)c2)c(C)c1. The maximum Gasteiger partial charge on any atom is 0.130 e. The van der Waals surface area contributed by atoms with Crippen molar-refractivity contribution >= 4 is 15.9 Å². The predicted octanol–water partition coefficient (Wildman–Crippen LogP) is 4.32. The molecule has 2 rings (SSSR count). The van der Waals surface area contributed by atoms with Crippen LogP contribution in [0.25, 0.3) is 0 Å². The Kier molecular flexibility index (Phi) is 4.04. The number of aryl methyl sites for hydroxylation is 2. The topological polar surface area (TPSA) is 35.2 Å². The highest BCUT2D eigenvalue weighted by molar-refractivity contribution is 9.10. The third kappa shape index (κ3) is 2.92. The van der Waals surface area contributed by atoms with E-state index in [2.05, 4.69) is 28.9 Å². The number of nitrogens with two attached hydrogens (primary N) is 1. The van der Waals surface area contributed by atoms with Crippen LogP contribution in [0.5, 0.6) is 11.5 Å². The van der Waals surface area contributed by atoms with E-state index in [1.807, 2.05) is 37.3 Å². The van der Waals surface area contributed by atoms with E-state index in [0.717, 1.165) is 27.1 Å². The Labute approximate surface area is 116 Å². The highest BCUT2D eigenvalue weighted by Crippen LogP contribution is 2.29. The largest absolute Gasteiger partial charge is 0.457 e. The third-order valence-corrected chi connectivity index (χ3v) is 3.54. The Balaban J connectivity index is 2.26. The normalized spacial score (nSPS) is 10.4. The molecule has 0 saturated heterocycles. The molecule has 2 aromatic rings. The molecule has 0 saturated carbocycles. The number of ether oxygens (including phenoxy) is 1. The van der Waals surface area contributed by atoms with Gasteiger partial charge >= 0.3 is 0 Å². The van der Waals surface area contributed by atoms with E-state index in [9.17, 15) is 0 Å². The van der Waals surface area contributed by atoms with Crippen molar-refractivity contribution in [2.45, 2.75) is 20.4 Å². The lowest BCUT2D eigenvalue weighted by Crippen LogP contribution is -1.97. The second-order valence-corrected chi connectivity index (χ2v) is 5.18. The number of hydrogen-bond acceptors (Lipinski definition) is 2. The van der Waals surface area contributed by atoms with Crippen LogP contribution in [-0.4, -0.2) is 0 Å². The van der Waals surface area contributed by atoms with Crippen molar-refractivity contribution in [3.63, 3.8) is 0 Å². The van der Waals surface area contributed by atoms with Gasteiger partial charge in [-0.3, -0.25) is 0 Å². The lowest BCUT2D eigenvalue weighted by atomic mass is 10.1. The molecule has 0 heterocycles. The number of benzene rings is 2. The summed E-state index contributed by atoms with van der Waals surface area (Å²) in [5, 5.41) is 0. The van der Waals surface area contributed by atoms with Gasteiger partial charge in [-0.15, -0.1) is 0 Å². The van der Waals surface area contributed by atoms with Crippen molar-refractivity contribution in [1.82, 2.24) is 0 Å². The van der Waals surface area contributed by atoms with E-state index >= 15 is 0 Å². The molecule has 2 nitrogen and oxygen atoms in total. The average Bonchev–Trinajstić information content (AvgIpc) is 2.33. The number of hydrogen-bond donors (Lipinski definition) is 1. The summed E-state index contributed by atoms with van der Waals surface area (Å²) in [5.41, 5.74) is 9.06. The lowest BCUT2D eigenvalue weighted by Gasteiger charge is -2.10. The van der Waals surface area contributed by atoms with Crippen LogP contribution in [0.1, 0.15) is 16.7 Å². The summed E-state index contributed by atoms with van der Waals surface area (Å²) in [6.07, 6.45) is 0. The van der Waals surface area contributed by atoms with Crippen LogP contribution in [-0.2, 0) is 6.54 Å². The minimum Gasteiger partial charge on any atom is -0.457 e. The summed E-state index contributed by atoms with van der Waals surface area (Å²) in [6.45, 7) is 4.64. The molecule has 0 atom stereocenters. The van der Waals surface area contributed by atoms with Gasteiger partial charge < -0.3 is 10.5 Å². The molecule has 18 heavy (non-hydrogen) atoms. The summed E-state index contributed by atoms with van der Waals surface area (Å²) >= 11 is 3.49. The van der Waals surface area contributed by atoms with Gasteiger partial charge in [-0.25, -0.2) is 0 Å². The highest BCUT2D eigenvalue weighted by atomic mass is 79.9. The van der Waals surface area contributed by atoms with Gasteiger partial charge in [-0.05, 0) is 43.2 Å². The zero-order valence-electron chi connectivity index (χ0n) is 10.5. The van der Waals surface area contributed by atoms with Crippen molar-refractivity contribution in [2.24, 2.45) is 5.73 Å². The zero-order valence-corrected chi connectivity index (χ0v) is 12.1. The quantitative estimate of drug-likeness (QED) is 0.916. The molecule has 94 valence electrons. The van der Waals surface area contributed by atoms with Crippen molar-refractivity contribution in [2.75, 3.05) is 0 Å². The minimum atomic E-state index is 0.518. The van der Waals surface area contributed by atoms with Gasteiger partial charge in [0.2, 0.25) is 0 Å². The molecule has 0 aliphatic heterocycles. The number of rotatable bonds is 3. The Bertz CT molecular complexity index is 566. The third-order valence-electron chi connectivity index (χ3n) is 2.80. The second kappa shape index (κ2) is 5.55. The van der Waals surface area contributed by atoms with E-state index in [4.69, 9.17) is 10.5 Å². The standard InChI is InChI=1S/C15H16BrNO/c1-10-3-6-15(11(2)7-10)18-13-5-4-12(9-17)14(16)8-13/h3-8H,9,17H2,1-2H3. The molecule has 0 fully saturated rings. The molecule has 0 spiro atoms. The van der Waals surface area contributed by atoms with Crippen molar-refractivity contribution in [3.05, 3.63) is 57.6 Å². The van der Waals surface area contributed by atoms with Crippen LogP contribution in [0.15, 0.2) is 40.9 Å². The molecule has 0 aliphatic carbocycles. The molecule has 2 N–H and O–H groups in total. The first-order valence-corrected chi connectivity index (χ1v) is 6.63. The molecule has 3 heteroatoms. The molecule has 0 amide bonds. The summed E-state index contributed by atoms with van der Waals surface area (Å²) in [6, 6.07) is 12.0. The lowest BCUT2D eigenvalue weighted by molar-refractivity contribution is 0.478. The first-order chi connectivity index (χ1) is 8.60. The van der Waals surface area contributed by atoms with Crippen molar-refractivity contribution in [1.29, 1.82) is 0 Å². The van der Waals surface area contributed by atoms with Crippen LogP contribution in [0.2, 0.25) is 0 Å². The van der Waals surface area contributed by atoms with Crippen molar-refractivity contribution < 1.29 is 4.74 Å². The van der Waals surface area contributed by atoms with Gasteiger partial charge in [-0.1, -0.05) is 39.7 Å². The molecule has 0 bridgehead atoms. The van der Waals surface area contributed by atoms with Crippen LogP contribution < -0.4 is 10.5 Å². The summed E-state index contributed by atoms with van der Waals surface area (Å²) in [5.74, 6) is 1.69. The number of halogens is 1. The summed E-state index contributed by atoms with van der Waals surface area (Å²) < 4.78 is 6.85. The zero-order chi connectivity index (χ0) is 13.1. The Morgan fingerprint density at radius 3 is 2.50 bits per heavy atom. The maximum absolute atomic E-state index is 5.87. The molecule has 0 aromatic heterocycles. The fraction of sp³-hybridized carbons (Fsp3) is 0.200. The summed E-state index contributed by atoms with van der Waals surface area (Å²) in [4.78, 5) is 0. The Morgan fingerprint density at radius 2 is 1.89 bits per heavy atom. The van der Waals surface area contributed by atoms with E-state index < -0.39 is 0 Å². The second-order valence-electron chi connectivity index (χ2n) is 4.33. The Hall–Kier alpha value is -1.32. The monoisotopic (exact) mass is 305 g/mol. The Morgan fingerprint density at radius 1 is 1.11 bits per heavy atom.